The predicted octanol–water partition coefficient (Wildman–Crippen LogP) is -0.618. The second-order valence-corrected chi connectivity index (χ2v) is 3.49. The molecule has 1 unspecified atom stereocenters. The molecule has 0 bridgehead atoms. The van der Waals surface area contributed by atoms with Gasteiger partial charge in [0, 0.05) is 5.75 Å². The molecule has 1 amide bonds. The molecule has 0 spiro atoms. The molecule has 0 radical (unpaired) electrons. The SMILES string of the molecule is CNC(CSCC(C)=O)C(N)=O. The van der Waals surface area contributed by atoms with Crippen LogP contribution in [0.15, 0.2) is 0 Å². The van der Waals surface area contributed by atoms with Gasteiger partial charge in [0.1, 0.15) is 5.78 Å². The van der Waals surface area contributed by atoms with Crippen LogP contribution >= 0.6 is 11.8 Å². The van der Waals surface area contributed by atoms with Gasteiger partial charge in [0.15, 0.2) is 0 Å². The van der Waals surface area contributed by atoms with Crippen LogP contribution in [-0.4, -0.2) is 36.3 Å². The maximum atomic E-state index is 10.7. The maximum absolute atomic E-state index is 10.7. The van der Waals surface area contributed by atoms with Crippen LogP contribution in [0.2, 0.25) is 0 Å². The van der Waals surface area contributed by atoms with Crippen molar-refractivity contribution in [3.8, 4) is 0 Å². The number of carbonyl (C=O) groups is 2. The van der Waals surface area contributed by atoms with Gasteiger partial charge in [-0.3, -0.25) is 9.59 Å². The summed E-state index contributed by atoms with van der Waals surface area (Å²) in [5, 5.41) is 2.77. The lowest BCUT2D eigenvalue weighted by Crippen LogP contribution is -2.41. The quantitative estimate of drug-likeness (QED) is 0.585. The predicted molar refractivity (Wildman–Crippen MR) is 50.0 cm³/mol. The summed E-state index contributed by atoms with van der Waals surface area (Å²) in [5.41, 5.74) is 5.06. The van der Waals surface area contributed by atoms with Gasteiger partial charge < -0.3 is 11.1 Å². The summed E-state index contributed by atoms with van der Waals surface area (Å²) in [6.07, 6.45) is 0. The third-order valence-electron chi connectivity index (χ3n) is 1.28. The summed E-state index contributed by atoms with van der Waals surface area (Å²) in [6, 6.07) is -0.339. The Morgan fingerprint density at radius 3 is 2.50 bits per heavy atom. The molecular weight excluding hydrogens is 176 g/mol. The average Bonchev–Trinajstić information content (AvgIpc) is 1.96. The Morgan fingerprint density at radius 1 is 1.58 bits per heavy atom. The van der Waals surface area contributed by atoms with E-state index in [2.05, 4.69) is 5.32 Å². The number of ketones is 1. The third kappa shape index (κ3) is 5.15. The Balaban J connectivity index is 3.59. The molecule has 5 heteroatoms. The van der Waals surface area contributed by atoms with Crippen LogP contribution < -0.4 is 11.1 Å². The van der Waals surface area contributed by atoms with Gasteiger partial charge in [-0.2, -0.15) is 11.8 Å². The van der Waals surface area contributed by atoms with E-state index < -0.39 is 0 Å². The van der Waals surface area contributed by atoms with E-state index in [9.17, 15) is 9.59 Å². The zero-order valence-electron chi connectivity index (χ0n) is 7.29. The van der Waals surface area contributed by atoms with Crippen LogP contribution in [0.1, 0.15) is 6.92 Å². The summed E-state index contributed by atoms with van der Waals surface area (Å²) in [6.45, 7) is 1.52. The molecule has 0 heterocycles. The maximum Gasteiger partial charge on any atom is 0.235 e. The molecule has 0 aliphatic carbocycles. The second-order valence-electron chi connectivity index (χ2n) is 2.46. The van der Waals surface area contributed by atoms with Gasteiger partial charge in [-0.05, 0) is 14.0 Å². The van der Waals surface area contributed by atoms with Crippen molar-refractivity contribution < 1.29 is 9.59 Å². The monoisotopic (exact) mass is 190 g/mol. The standard InChI is InChI=1S/C7H14N2O2S/c1-5(10)3-12-4-6(9-2)7(8)11/h6,9H,3-4H2,1-2H3,(H2,8,11). The number of amides is 1. The van der Waals surface area contributed by atoms with E-state index >= 15 is 0 Å². The van der Waals surface area contributed by atoms with Crippen molar-refractivity contribution in [1.82, 2.24) is 5.32 Å². The fraction of sp³-hybridized carbons (Fsp3) is 0.714. The molecule has 0 fully saturated rings. The van der Waals surface area contributed by atoms with Crippen molar-refractivity contribution in [2.45, 2.75) is 13.0 Å². The number of Topliss-reactive ketones (excluding diaryl/α,β-unsaturated/α-hetero) is 1. The van der Waals surface area contributed by atoms with E-state index in [0.717, 1.165) is 0 Å². The molecule has 0 aromatic carbocycles. The molecule has 0 aliphatic rings. The molecule has 0 saturated heterocycles. The highest BCUT2D eigenvalue weighted by Gasteiger charge is 2.11. The molecule has 70 valence electrons. The van der Waals surface area contributed by atoms with Crippen LogP contribution in [0.3, 0.4) is 0 Å². The first kappa shape index (κ1) is 11.4. The Bertz CT molecular complexity index is 173. The zero-order chi connectivity index (χ0) is 9.56. The van der Waals surface area contributed by atoms with Crippen molar-refractivity contribution in [1.29, 1.82) is 0 Å². The minimum atomic E-state index is -0.381. The van der Waals surface area contributed by atoms with Gasteiger partial charge in [-0.1, -0.05) is 0 Å². The minimum absolute atomic E-state index is 0.110. The molecule has 12 heavy (non-hydrogen) atoms. The Morgan fingerprint density at radius 2 is 2.17 bits per heavy atom. The molecular formula is C7H14N2O2S. The van der Waals surface area contributed by atoms with E-state index in [1.165, 1.54) is 18.7 Å². The van der Waals surface area contributed by atoms with E-state index in [0.29, 0.717) is 11.5 Å². The van der Waals surface area contributed by atoms with Crippen molar-refractivity contribution in [2.75, 3.05) is 18.6 Å². The molecule has 4 nitrogen and oxygen atoms in total. The smallest absolute Gasteiger partial charge is 0.235 e. The van der Waals surface area contributed by atoms with Gasteiger partial charge in [-0.15, -0.1) is 0 Å². The molecule has 1 atom stereocenters. The first-order valence-corrected chi connectivity index (χ1v) is 4.77. The van der Waals surface area contributed by atoms with Crippen molar-refractivity contribution in [3.63, 3.8) is 0 Å². The number of primary amides is 1. The molecule has 3 N–H and O–H groups in total. The Hall–Kier alpha value is -0.550. The lowest BCUT2D eigenvalue weighted by Gasteiger charge is -2.10. The molecule has 0 aromatic heterocycles. The third-order valence-corrected chi connectivity index (χ3v) is 2.46. The van der Waals surface area contributed by atoms with Crippen molar-refractivity contribution in [3.05, 3.63) is 0 Å². The largest absolute Gasteiger partial charge is 0.368 e. The van der Waals surface area contributed by atoms with E-state index in [1.807, 2.05) is 0 Å². The van der Waals surface area contributed by atoms with E-state index in [-0.39, 0.29) is 17.7 Å². The van der Waals surface area contributed by atoms with Crippen molar-refractivity contribution in [2.24, 2.45) is 5.73 Å². The zero-order valence-corrected chi connectivity index (χ0v) is 8.11. The molecule has 0 saturated carbocycles. The van der Waals surface area contributed by atoms with E-state index in [1.54, 1.807) is 7.05 Å². The number of thioether (sulfide) groups is 1. The average molecular weight is 190 g/mol. The normalized spacial score (nSPS) is 12.5. The Kier molecular flexibility index (Phi) is 5.74. The van der Waals surface area contributed by atoms with Gasteiger partial charge >= 0.3 is 0 Å². The van der Waals surface area contributed by atoms with E-state index in [4.69, 9.17) is 5.73 Å². The number of nitrogens with two attached hydrogens (primary N) is 1. The van der Waals surface area contributed by atoms with Gasteiger partial charge in [0.05, 0.1) is 11.8 Å². The summed E-state index contributed by atoms with van der Waals surface area (Å²) in [7, 11) is 1.67. The fourth-order valence-electron chi connectivity index (χ4n) is 0.628. The van der Waals surface area contributed by atoms with Crippen LogP contribution in [0.25, 0.3) is 0 Å². The number of carbonyl (C=O) groups excluding carboxylic acids is 2. The molecule has 0 rings (SSSR count). The van der Waals surface area contributed by atoms with Crippen LogP contribution in [-0.2, 0) is 9.59 Å². The van der Waals surface area contributed by atoms with Crippen LogP contribution in [0, 0.1) is 0 Å². The summed E-state index contributed by atoms with van der Waals surface area (Å²) in [4.78, 5) is 21.2. The summed E-state index contributed by atoms with van der Waals surface area (Å²) >= 11 is 1.41. The number of likely N-dealkylation sites (N-methyl/N-ethyl adjacent to an activating group) is 1. The second kappa shape index (κ2) is 6.02. The number of hydrogen-bond donors (Lipinski definition) is 2. The number of hydrogen-bond acceptors (Lipinski definition) is 4. The van der Waals surface area contributed by atoms with Gasteiger partial charge in [0.2, 0.25) is 5.91 Å². The topological polar surface area (TPSA) is 72.2 Å². The highest BCUT2D eigenvalue weighted by Crippen LogP contribution is 2.02. The Labute approximate surface area is 76.3 Å². The van der Waals surface area contributed by atoms with Gasteiger partial charge in [-0.25, -0.2) is 0 Å². The highest BCUT2D eigenvalue weighted by atomic mass is 32.2. The molecule has 0 aromatic rings. The number of rotatable bonds is 6. The lowest BCUT2D eigenvalue weighted by molar-refractivity contribution is -0.119. The van der Waals surface area contributed by atoms with Crippen molar-refractivity contribution >= 4 is 23.5 Å². The summed E-state index contributed by atoms with van der Waals surface area (Å²) in [5.74, 6) is 0.713. The van der Waals surface area contributed by atoms with Crippen LogP contribution in [0.4, 0.5) is 0 Å². The lowest BCUT2D eigenvalue weighted by atomic mass is 10.3. The minimum Gasteiger partial charge on any atom is -0.368 e. The van der Waals surface area contributed by atoms with Gasteiger partial charge in [0.25, 0.3) is 0 Å². The van der Waals surface area contributed by atoms with Crippen LogP contribution in [0.5, 0.6) is 0 Å². The first-order chi connectivity index (χ1) is 5.57. The highest BCUT2D eigenvalue weighted by molar-refractivity contribution is 8.00. The first-order valence-electron chi connectivity index (χ1n) is 3.61. The fourth-order valence-corrected chi connectivity index (χ4v) is 1.60. The number of nitrogens with one attached hydrogen (secondary N) is 1. The molecule has 0 aliphatic heterocycles. The summed E-state index contributed by atoms with van der Waals surface area (Å²) < 4.78 is 0.